The molecule has 1 aromatic heterocycles. The molecule has 0 bridgehead atoms. The molecule has 37 heavy (non-hydrogen) atoms. The molecule has 0 aliphatic carbocycles. The number of imide groups is 1. The third-order valence-corrected chi connectivity index (χ3v) is 8.22. The number of hydrogen-bond donors (Lipinski definition) is 2. The number of phenolic OH excluding ortho intramolecular Hbond substituents is 1. The van der Waals surface area contributed by atoms with Gasteiger partial charge in [-0.15, -0.1) is 0 Å². The highest BCUT2D eigenvalue weighted by molar-refractivity contribution is 9.10. The van der Waals surface area contributed by atoms with Crippen LogP contribution in [0.4, 0.5) is 4.79 Å². The standard InChI is InChI=1S/C28H33BrN4O4/c1-4-31(13-14-37-3)11-6-12-32-26(35)28(2)17-22-21-16-19(29)9-10-23(21)30-24(22)25(33(28)27(32)36)18-7-5-8-20(34)15-18/h5,7-10,15-16,25,30,34H,4,6,11-14,17H2,1-3H3. The summed E-state index contributed by atoms with van der Waals surface area (Å²) < 4.78 is 6.15. The van der Waals surface area contributed by atoms with Gasteiger partial charge in [-0.1, -0.05) is 35.0 Å². The number of nitrogens with zero attached hydrogens (tertiary/aromatic N) is 3. The maximum atomic E-state index is 13.9. The van der Waals surface area contributed by atoms with Crippen molar-refractivity contribution in [2.45, 2.75) is 38.3 Å². The van der Waals surface area contributed by atoms with Crippen molar-refractivity contribution < 1.29 is 19.4 Å². The van der Waals surface area contributed by atoms with Crippen molar-refractivity contribution >= 4 is 38.8 Å². The Labute approximate surface area is 225 Å². The van der Waals surface area contributed by atoms with Crippen molar-refractivity contribution in [1.82, 2.24) is 19.7 Å². The normalized spacial score (nSPS) is 21.3. The number of aromatic amines is 1. The lowest BCUT2D eigenvalue weighted by atomic mass is 9.81. The fourth-order valence-corrected chi connectivity index (χ4v) is 6.19. The molecule has 0 spiro atoms. The number of ether oxygens (including phenoxy) is 1. The average Bonchev–Trinajstić information content (AvgIpc) is 3.31. The highest BCUT2D eigenvalue weighted by atomic mass is 79.9. The second-order valence-corrected chi connectivity index (χ2v) is 11.0. The minimum absolute atomic E-state index is 0.121. The maximum Gasteiger partial charge on any atom is 0.328 e. The summed E-state index contributed by atoms with van der Waals surface area (Å²) >= 11 is 3.58. The molecule has 8 nitrogen and oxygen atoms in total. The van der Waals surface area contributed by atoms with Gasteiger partial charge in [0.25, 0.3) is 5.91 Å². The smallest absolute Gasteiger partial charge is 0.328 e. The van der Waals surface area contributed by atoms with Crippen molar-refractivity contribution in [2.75, 3.05) is 39.9 Å². The highest BCUT2D eigenvalue weighted by Crippen LogP contribution is 2.49. The minimum Gasteiger partial charge on any atom is -0.508 e. The number of fused-ring (bicyclic) bond motifs is 4. The molecule has 1 fully saturated rings. The van der Waals surface area contributed by atoms with Crippen LogP contribution in [0, 0.1) is 0 Å². The van der Waals surface area contributed by atoms with Gasteiger partial charge < -0.3 is 19.7 Å². The summed E-state index contributed by atoms with van der Waals surface area (Å²) in [4.78, 5) is 36.8. The van der Waals surface area contributed by atoms with E-state index in [2.05, 4.69) is 38.8 Å². The SMILES string of the molecule is CCN(CCCN1C(=O)N2C(c3cccc(O)c3)c3[nH]c4ccc(Br)cc4c3CC2(C)C1=O)CCOC. The van der Waals surface area contributed by atoms with Crippen molar-refractivity contribution in [2.24, 2.45) is 0 Å². The van der Waals surface area contributed by atoms with E-state index in [9.17, 15) is 14.7 Å². The summed E-state index contributed by atoms with van der Waals surface area (Å²) in [5, 5.41) is 11.3. The molecule has 0 radical (unpaired) electrons. The number of urea groups is 1. The monoisotopic (exact) mass is 568 g/mol. The minimum atomic E-state index is -1.03. The zero-order valence-corrected chi connectivity index (χ0v) is 23.0. The van der Waals surface area contributed by atoms with Crippen LogP contribution in [0.1, 0.15) is 43.1 Å². The molecule has 3 heterocycles. The van der Waals surface area contributed by atoms with Crippen LogP contribution in [0.5, 0.6) is 5.75 Å². The summed E-state index contributed by atoms with van der Waals surface area (Å²) in [6.45, 7) is 7.46. The Bertz CT molecular complexity index is 1340. The van der Waals surface area contributed by atoms with Gasteiger partial charge in [0.1, 0.15) is 17.3 Å². The number of phenols is 1. The Balaban J connectivity index is 1.52. The van der Waals surface area contributed by atoms with Gasteiger partial charge in [0, 0.05) is 47.7 Å². The van der Waals surface area contributed by atoms with E-state index in [0.717, 1.165) is 51.8 Å². The first-order chi connectivity index (χ1) is 17.8. The molecule has 2 unspecified atom stereocenters. The Morgan fingerprint density at radius 2 is 2.03 bits per heavy atom. The number of benzene rings is 2. The topological polar surface area (TPSA) is 89.1 Å². The molecular formula is C28H33BrN4O4. The number of carbonyl (C=O) groups excluding carboxylic acids is 2. The second-order valence-electron chi connectivity index (χ2n) is 10.0. The van der Waals surface area contributed by atoms with Gasteiger partial charge >= 0.3 is 6.03 Å². The summed E-state index contributed by atoms with van der Waals surface area (Å²) in [5.74, 6) is -0.0479. The summed E-state index contributed by atoms with van der Waals surface area (Å²) in [6.07, 6.45) is 1.11. The number of carbonyl (C=O) groups is 2. The maximum absolute atomic E-state index is 13.9. The average molecular weight is 570 g/mol. The molecule has 2 aromatic carbocycles. The highest BCUT2D eigenvalue weighted by Gasteiger charge is 2.60. The van der Waals surface area contributed by atoms with Gasteiger partial charge in [-0.05, 0) is 67.9 Å². The number of nitrogens with one attached hydrogen (secondary N) is 1. The number of likely N-dealkylation sites (N-methyl/N-ethyl adjacent to an activating group) is 1. The Hall–Kier alpha value is -2.88. The van der Waals surface area contributed by atoms with E-state index in [0.29, 0.717) is 26.0 Å². The predicted octanol–water partition coefficient (Wildman–Crippen LogP) is 4.66. The van der Waals surface area contributed by atoms with E-state index in [1.807, 2.05) is 25.1 Å². The van der Waals surface area contributed by atoms with Crippen molar-refractivity contribution in [1.29, 1.82) is 0 Å². The third-order valence-electron chi connectivity index (χ3n) is 7.73. The number of amides is 3. The number of halogens is 1. The summed E-state index contributed by atoms with van der Waals surface area (Å²) in [6, 6.07) is 12.2. The molecule has 9 heteroatoms. The van der Waals surface area contributed by atoms with Crippen LogP contribution in [-0.4, -0.2) is 82.2 Å². The number of H-pyrrole nitrogens is 1. The molecule has 3 aromatic rings. The van der Waals surface area contributed by atoms with Crippen LogP contribution in [0.25, 0.3) is 10.9 Å². The Kier molecular flexibility index (Phi) is 7.04. The van der Waals surface area contributed by atoms with Crippen molar-refractivity contribution in [3.05, 3.63) is 63.8 Å². The van der Waals surface area contributed by atoms with E-state index in [-0.39, 0.29) is 17.7 Å². The van der Waals surface area contributed by atoms with E-state index in [1.54, 1.807) is 30.2 Å². The van der Waals surface area contributed by atoms with Gasteiger partial charge in [0.15, 0.2) is 0 Å². The summed E-state index contributed by atoms with van der Waals surface area (Å²) in [7, 11) is 1.69. The molecule has 2 aliphatic rings. The van der Waals surface area contributed by atoms with E-state index in [4.69, 9.17) is 4.74 Å². The van der Waals surface area contributed by atoms with Crippen LogP contribution in [0.3, 0.4) is 0 Å². The van der Waals surface area contributed by atoms with Gasteiger partial charge in [0.2, 0.25) is 0 Å². The van der Waals surface area contributed by atoms with Crippen LogP contribution in [-0.2, 0) is 16.0 Å². The predicted molar refractivity (Wildman–Crippen MR) is 146 cm³/mol. The van der Waals surface area contributed by atoms with Crippen LogP contribution in [0.15, 0.2) is 46.9 Å². The first-order valence-corrected chi connectivity index (χ1v) is 13.5. The van der Waals surface area contributed by atoms with Crippen LogP contribution in [0.2, 0.25) is 0 Å². The fourth-order valence-electron chi connectivity index (χ4n) is 5.82. The van der Waals surface area contributed by atoms with Gasteiger partial charge in [0.05, 0.1) is 6.61 Å². The van der Waals surface area contributed by atoms with Gasteiger partial charge in [-0.25, -0.2) is 4.79 Å². The largest absolute Gasteiger partial charge is 0.508 e. The number of aromatic nitrogens is 1. The first kappa shape index (κ1) is 25.8. The zero-order valence-electron chi connectivity index (χ0n) is 21.5. The second kappa shape index (κ2) is 10.1. The van der Waals surface area contributed by atoms with Crippen molar-refractivity contribution in [3.8, 4) is 5.75 Å². The van der Waals surface area contributed by atoms with Gasteiger partial charge in [-0.2, -0.15) is 0 Å². The summed E-state index contributed by atoms with van der Waals surface area (Å²) in [5.41, 5.74) is 2.60. The van der Waals surface area contributed by atoms with E-state index < -0.39 is 11.6 Å². The molecule has 2 N–H and O–H groups in total. The van der Waals surface area contributed by atoms with Crippen molar-refractivity contribution in [3.63, 3.8) is 0 Å². The molecule has 1 saturated heterocycles. The zero-order chi connectivity index (χ0) is 26.3. The number of hydrogen-bond acceptors (Lipinski definition) is 5. The molecule has 2 aliphatic heterocycles. The quantitative estimate of drug-likeness (QED) is 0.366. The lowest BCUT2D eigenvalue weighted by Crippen LogP contribution is -2.53. The molecule has 5 rings (SSSR count). The van der Waals surface area contributed by atoms with Crippen LogP contribution >= 0.6 is 15.9 Å². The Morgan fingerprint density at radius 1 is 1.22 bits per heavy atom. The fraction of sp³-hybridized carbons (Fsp3) is 0.429. The molecule has 0 saturated carbocycles. The van der Waals surface area contributed by atoms with E-state index >= 15 is 0 Å². The molecule has 3 amide bonds. The number of methoxy groups -OCH3 is 1. The molecular weight excluding hydrogens is 536 g/mol. The number of aromatic hydroxyl groups is 1. The Morgan fingerprint density at radius 3 is 2.76 bits per heavy atom. The van der Waals surface area contributed by atoms with Crippen LogP contribution < -0.4 is 0 Å². The molecule has 2 atom stereocenters. The lowest BCUT2D eigenvalue weighted by Gasteiger charge is -2.42. The third kappa shape index (κ3) is 4.43. The molecule has 196 valence electrons. The number of rotatable bonds is 9. The van der Waals surface area contributed by atoms with Gasteiger partial charge in [-0.3, -0.25) is 14.6 Å². The first-order valence-electron chi connectivity index (χ1n) is 12.7. The lowest BCUT2D eigenvalue weighted by molar-refractivity contribution is -0.133. The van der Waals surface area contributed by atoms with E-state index in [1.165, 1.54) is 4.90 Å².